The molecule has 0 amide bonds. The van der Waals surface area contributed by atoms with Crippen molar-refractivity contribution in [1.82, 2.24) is 10.2 Å². The van der Waals surface area contributed by atoms with Crippen LogP contribution in [0.2, 0.25) is 0 Å². The molecule has 1 unspecified atom stereocenters. The first kappa shape index (κ1) is 13.9. The Kier molecular flexibility index (Phi) is 4.20. The van der Waals surface area contributed by atoms with Crippen LogP contribution in [0.1, 0.15) is 24.2 Å². The number of hydrogen-bond acceptors (Lipinski definition) is 5. The lowest BCUT2D eigenvalue weighted by Crippen LogP contribution is -2.17. The van der Waals surface area contributed by atoms with Gasteiger partial charge in [-0.25, -0.2) is 0 Å². The minimum absolute atomic E-state index is 0.0606. The van der Waals surface area contributed by atoms with Gasteiger partial charge in [-0.1, -0.05) is 0 Å². The number of hydrogen-bond donors (Lipinski definition) is 0. The van der Waals surface area contributed by atoms with Crippen molar-refractivity contribution in [1.29, 1.82) is 5.26 Å². The topological polar surface area (TPSA) is 75.9 Å². The van der Waals surface area contributed by atoms with Crippen LogP contribution in [-0.2, 0) is 15.7 Å². The number of alkyl halides is 3. The third-order valence-electron chi connectivity index (χ3n) is 1.92. The second-order valence-electron chi connectivity index (χ2n) is 3.16. The van der Waals surface area contributed by atoms with Crippen molar-refractivity contribution in [3.05, 3.63) is 23.5 Å². The first-order chi connectivity index (χ1) is 8.40. The molecule has 96 valence electrons. The molecular formula is C10H8F3N3O2. The van der Waals surface area contributed by atoms with Crippen LogP contribution in [-0.4, -0.2) is 22.8 Å². The van der Waals surface area contributed by atoms with E-state index >= 15 is 0 Å². The molecule has 0 aliphatic rings. The van der Waals surface area contributed by atoms with E-state index in [1.165, 1.54) is 0 Å². The molecule has 0 bridgehead atoms. The van der Waals surface area contributed by atoms with Gasteiger partial charge in [0, 0.05) is 0 Å². The molecule has 1 heterocycles. The maximum Gasteiger partial charge on any atom is 0.435 e. The number of esters is 1. The van der Waals surface area contributed by atoms with E-state index in [-0.39, 0.29) is 12.3 Å². The lowest BCUT2D eigenvalue weighted by atomic mass is 10.1. The molecule has 1 rings (SSSR count). The number of halogens is 3. The van der Waals surface area contributed by atoms with Crippen LogP contribution >= 0.6 is 0 Å². The highest BCUT2D eigenvalue weighted by atomic mass is 19.4. The predicted molar refractivity (Wildman–Crippen MR) is 52.0 cm³/mol. The van der Waals surface area contributed by atoms with E-state index in [9.17, 15) is 18.0 Å². The Morgan fingerprint density at radius 3 is 2.56 bits per heavy atom. The molecule has 0 aliphatic carbocycles. The second-order valence-corrected chi connectivity index (χ2v) is 3.16. The molecule has 1 aromatic rings. The summed E-state index contributed by atoms with van der Waals surface area (Å²) < 4.78 is 41.3. The number of nitrogens with zero attached hydrogens (tertiary/aromatic N) is 3. The van der Waals surface area contributed by atoms with Crippen LogP contribution in [0.15, 0.2) is 12.1 Å². The fourth-order valence-electron chi connectivity index (χ4n) is 1.11. The molecular weight excluding hydrogens is 251 g/mol. The van der Waals surface area contributed by atoms with Crippen molar-refractivity contribution >= 4 is 5.97 Å². The largest absolute Gasteiger partial charge is 0.465 e. The summed E-state index contributed by atoms with van der Waals surface area (Å²) in [6.07, 6.45) is -4.61. The molecule has 0 radical (unpaired) electrons. The standard InChI is InChI=1S/C10H8F3N3O2/c1-2-18-9(17)6(5-14)7-3-4-8(16-15-7)10(11,12)13/h3-4,6H,2H2,1H3. The van der Waals surface area contributed by atoms with Crippen molar-refractivity contribution in [2.45, 2.75) is 19.0 Å². The van der Waals surface area contributed by atoms with Crippen LogP contribution in [0.3, 0.4) is 0 Å². The Balaban J connectivity index is 2.97. The summed E-state index contributed by atoms with van der Waals surface area (Å²) >= 11 is 0. The summed E-state index contributed by atoms with van der Waals surface area (Å²) in [5.74, 6) is -2.24. The van der Waals surface area contributed by atoms with Gasteiger partial charge in [0.05, 0.1) is 18.4 Å². The highest BCUT2D eigenvalue weighted by molar-refractivity contribution is 5.80. The summed E-state index contributed by atoms with van der Waals surface area (Å²) in [6.45, 7) is 1.61. The van der Waals surface area contributed by atoms with Gasteiger partial charge in [-0.2, -0.15) is 23.5 Å². The second kappa shape index (κ2) is 5.44. The average molecular weight is 259 g/mol. The molecule has 0 saturated carbocycles. The molecule has 0 spiro atoms. The predicted octanol–water partition coefficient (Wildman–Crippen LogP) is 1.67. The lowest BCUT2D eigenvalue weighted by Gasteiger charge is -2.08. The zero-order chi connectivity index (χ0) is 13.8. The molecule has 0 N–H and O–H groups in total. The van der Waals surface area contributed by atoms with Crippen molar-refractivity contribution < 1.29 is 22.7 Å². The van der Waals surface area contributed by atoms with Crippen LogP contribution in [0.5, 0.6) is 0 Å². The quantitative estimate of drug-likeness (QED) is 0.771. The van der Waals surface area contributed by atoms with Crippen LogP contribution in [0.4, 0.5) is 13.2 Å². The van der Waals surface area contributed by atoms with Crippen molar-refractivity contribution in [2.24, 2.45) is 0 Å². The molecule has 0 aromatic carbocycles. The summed E-state index contributed by atoms with van der Waals surface area (Å²) in [4.78, 5) is 11.3. The minimum Gasteiger partial charge on any atom is -0.465 e. The summed E-state index contributed by atoms with van der Waals surface area (Å²) in [6, 6.07) is 3.19. The first-order valence-corrected chi connectivity index (χ1v) is 4.87. The summed E-state index contributed by atoms with van der Waals surface area (Å²) in [7, 11) is 0. The number of carbonyl (C=O) groups is 1. The van der Waals surface area contributed by atoms with E-state index < -0.39 is 23.8 Å². The Morgan fingerprint density at radius 1 is 1.50 bits per heavy atom. The van der Waals surface area contributed by atoms with Gasteiger partial charge in [-0.3, -0.25) is 4.79 Å². The Labute approximate surface area is 100 Å². The van der Waals surface area contributed by atoms with Gasteiger partial charge in [0.2, 0.25) is 0 Å². The maximum absolute atomic E-state index is 12.2. The Hall–Kier alpha value is -2.17. The minimum atomic E-state index is -4.61. The van der Waals surface area contributed by atoms with Crippen LogP contribution in [0, 0.1) is 11.3 Å². The van der Waals surface area contributed by atoms with Crippen molar-refractivity contribution in [3.63, 3.8) is 0 Å². The van der Waals surface area contributed by atoms with E-state index in [1.807, 2.05) is 0 Å². The zero-order valence-corrected chi connectivity index (χ0v) is 9.23. The number of ether oxygens (including phenoxy) is 1. The SMILES string of the molecule is CCOC(=O)C(C#N)c1ccc(C(F)(F)F)nn1. The van der Waals surface area contributed by atoms with E-state index in [1.54, 1.807) is 13.0 Å². The van der Waals surface area contributed by atoms with Gasteiger partial charge in [-0.05, 0) is 19.1 Å². The zero-order valence-electron chi connectivity index (χ0n) is 9.23. The van der Waals surface area contributed by atoms with Crippen LogP contribution < -0.4 is 0 Å². The highest BCUT2D eigenvalue weighted by Crippen LogP contribution is 2.27. The van der Waals surface area contributed by atoms with E-state index in [2.05, 4.69) is 14.9 Å². The fraction of sp³-hybridized carbons (Fsp3) is 0.400. The average Bonchev–Trinajstić information content (AvgIpc) is 2.30. The fourth-order valence-corrected chi connectivity index (χ4v) is 1.11. The third-order valence-corrected chi connectivity index (χ3v) is 1.92. The molecule has 18 heavy (non-hydrogen) atoms. The lowest BCUT2D eigenvalue weighted by molar-refractivity contribution is -0.143. The number of carbonyl (C=O) groups excluding carboxylic acids is 1. The van der Waals surface area contributed by atoms with Crippen molar-refractivity contribution in [3.8, 4) is 6.07 Å². The van der Waals surface area contributed by atoms with Crippen LogP contribution in [0.25, 0.3) is 0 Å². The summed E-state index contributed by atoms with van der Waals surface area (Å²) in [5.41, 5.74) is -1.37. The molecule has 0 fully saturated rings. The summed E-state index contributed by atoms with van der Waals surface area (Å²) in [5, 5.41) is 14.9. The Bertz CT molecular complexity index is 465. The molecule has 1 aromatic heterocycles. The smallest absolute Gasteiger partial charge is 0.435 e. The van der Waals surface area contributed by atoms with Gasteiger partial charge in [-0.15, -0.1) is 5.10 Å². The van der Waals surface area contributed by atoms with E-state index in [4.69, 9.17) is 5.26 Å². The maximum atomic E-state index is 12.2. The van der Waals surface area contributed by atoms with Crippen molar-refractivity contribution in [2.75, 3.05) is 6.61 Å². The van der Waals surface area contributed by atoms with Gasteiger partial charge < -0.3 is 4.74 Å². The van der Waals surface area contributed by atoms with Gasteiger partial charge in [0.15, 0.2) is 11.6 Å². The molecule has 1 atom stereocenters. The number of rotatable bonds is 3. The monoisotopic (exact) mass is 259 g/mol. The molecule has 8 heteroatoms. The molecule has 0 aliphatic heterocycles. The molecule has 0 saturated heterocycles. The third kappa shape index (κ3) is 3.16. The number of nitriles is 1. The van der Waals surface area contributed by atoms with Gasteiger partial charge in [0.25, 0.3) is 0 Å². The highest BCUT2D eigenvalue weighted by Gasteiger charge is 2.33. The normalized spacial score (nSPS) is 12.6. The first-order valence-electron chi connectivity index (χ1n) is 4.87. The van der Waals surface area contributed by atoms with E-state index in [0.29, 0.717) is 6.07 Å². The van der Waals surface area contributed by atoms with E-state index in [0.717, 1.165) is 6.07 Å². The number of aromatic nitrogens is 2. The molecule has 5 nitrogen and oxygen atoms in total. The Morgan fingerprint density at radius 2 is 2.17 bits per heavy atom. The van der Waals surface area contributed by atoms with Gasteiger partial charge >= 0.3 is 12.1 Å². The van der Waals surface area contributed by atoms with Gasteiger partial charge in [0.1, 0.15) is 0 Å².